The van der Waals surface area contributed by atoms with E-state index >= 15 is 0 Å². The largest absolute Gasteiger partial charge is 0.367 e. The van der Waals surface area contributed by atoms with Crippen molar-refractivity contribution in [3.8, 4) is 0 Å². The Morgan fingerprint density at radius 1 is 1.19 bits per heavy atom. The second kappa shape index (κ2) is 6.91. The Hall–Kier alpha value is -1.59. The molecule has 0 saturated carbocycles. The van der Waals surface area contributed by atoms with Gasteiger partial charge < -0.3 is 15.2 Å². The number of hydrogen-bond donors (Lipinski definition) is 1. The van der Waals surface area contributed by atoms with Crippen molar-refractivity contribution >= 4 is 18.1 Å². The second-order valence-corrected chi connectivity index (χ2v) is 5.96. The molecule has 6 heteroatoms. The van der Waals surface area contributed by atoms with Gasteiger partial charge in [-0.15, -0.1) is 12.4 Å². The Labute approximate surface area is 131 Å². The molecule has 0 bridgehead atoms. The minimum atomic E-state index is 0. The van der Waals surface area contributed by atoms with Crippen molar-refractivity contribution < 1.29 is 4.52 Å². The molecular formula is C15H23ClN4O. The highest BCUT2D eigenvalue weighted by atomic mass is 35.5. The van der Waals surface area contributed by atoms with Gasteiger partial charge in [0.2, 0.25) is 5.89 Å². The highest BCUT2D eigenvalue weighted by Gasteiger charge is 2.14. The summed E-state index contributed by atoms with van der Waals surface area (Å²) in [5, 5.41) is 3.90. The number of nitrogens with zero attached hydrogens (tertiary/aromatic N) is 3. The van der Waals surface area contributed by atoms with E-state index in [9.17, 15) is 0 Å². The Kier molecular flexibility index (Phi) is 5.75. The maximum atomic E-state index is 5.45. The van der Waals surface area contributed by atoms with Crippen molar-refractivity contribution in [1.29, 1.82) is 0 Å². The third kappa shape index (κ3) is 4.44. The smallest absolute Gasteiger partial charge is 0.240 e. The lowest BCUT2D eigenvalue weighted by Gasteiger charge is -2.22. The number of anilines is 1. The highest BCUT2D eigenvalue weighted by molar-refractivity contribution is 5.85. The summed E-state index contributed by atoms with van der Waals surface area (Å²) in [5.41, 5.74) is 8.06. The van der Waals surface area contributed by atoms with Crippen LogP contribution in [0.4, 0.5) is 5.69 Å². The molecule has 116 valence electrons. The van der Waals surface area contributed by atoms with Crippen LogP contribution in [0.5, 0.6) is 0 Å². The first-order valence-corrected chi connectivity index (χ1v) is 6.73. The van der Waals surface area contributed by atoms with E-state index in [-0.39, 0.29) is 24.4 Å². The van der Waals surface area contributed by atoms with Crippen molar-refractivity contribution in [1.82, 2.24) is 10.1 Å². The van der Waals surface area contributed by atoms with Crippen LogP contribution in [0.25, 0.3) is 0 Å². The Bertz CT molecular complexity index is 560. The van der Waals surface area contributed by atoms with Gasteiger partial charge in [0.1, 0.15) is 0 Å². The van der Waals surface area contributed by atoms with Gasteiger partial charge >= 0.3 is 0 Å². The van der Waals surface area contributed by atoms with Gasteiger partial charge in [-0.2, -0.15) is 4.98 Å². The molecule has 2 rings (SSSR count). The number of hydrogen-bond acceptors (Lipinski definition) is 5. The van der Waals surface area contributed by atoms with Gasteiger partial charge in [-0.1, -0.05) is 38.1 Å². The van der Waals surface area contributed by atoms with Crippen molar-refractivity contribution in [2.75, 3.05) is 11.9 Å². The third-order valence-electron chi connectivity index (χ3n) is 3.24. The van der Waals surface area contributed by atoms with E-state index in [1.807, 2.05) is 7.05 Å². The topological polar surface area (TPSA) is 68.2 Å². The first kappa shape index (κ1) is 17.5. The maximum absolute atomic E-state index is 5.45. The standard InChI is InChI=1S/C15H22N4O.ClH/c1-15(2,3)11-5-7-12(8-6-11)19(4)10-13-17-14(9-16)20-18-13;/h5-8H,9-10,16H2,1-4H3;1H. The van der Waals surface area contributed by atoms with E-state index in [0.29, 0.717) is 18.3 Å². The average molecular weight is 311 g/mol. The molecule has 1 aromatic carbocycles. The van der Waals surface area contributed by atoms with Gasteiger partial charge in [0.15, 0.2) is 5.82 Å². The molecule has 2 aromatic rings. The van der Waals surface area contributed by atoms with Crippen LogP contribution in [-0.4, -0.2) is 17.2 Å². The summed E-state index contributed by atoms with van der Waals surface area (Å²) in [6.45, 7) is 7.49. The van der Waals surface area contributed by atoms with E-state index < -0.39 is 0 Å². The van der Waals surface area contributed by atoms with Crippen LogP contribution in [0.1, 0.15) is 38.0 Å². The molecule has 0 amide bonds. The highest BCUT2D eigenvalue weighted by Crippen LogP contribution is 2.24. The summed E-state index contributed by atoms with van der Waals surface area (Å²) in [6.07, 6.45) is 0. The molecule has 21 heavy (non-hydrogen) atoms. The molecule has 0 fully saturated rings. The summed E-state index contributed by atoms with van der Waals surface area (Å²) in [6, 6.07) is 8.55. The number of rotatable bonds is 4. The SMILES string of the molecule is CN(Cc1noc(CN)n1)c1ccc(C(C)(C)C)cc1.Cl. The number of aromatic nitrogens is 2. The monoisotopic (exact) mass is 310 g/mol. The van der Waals surface area contributed by atoms with Crippen molar-refractivity contribution in [2.45, 2.75) is 39.3 Å². The fourth-order valence-corrected chi connectivity index (χ4v) is 1.96. The minimum absolute atomic E-state index is 0. The number of halogens is 1. The van der Waals surface area contributed by atoms with Gasteiger partial charge in [-0.3, -0.25) is 0 Å². The van der Waals surface area contributed by atoms with Gasteiger partial charge in [-0.05, 0) is 23.1 Å². The van der Waals surface area contributed by atoms with E-state index in [2.05, 4.69) is 60.1 Å². The predicted molar refractivity (Wildman–Crippen MR) is 86.7 cm³/mol. The second-order valence-electron chi connectivity index (χ2n) is 5.96. The Morgan fingerprint density at radius 2 is 1.81 bits per heavy atom. The fraction of sp³-hybridized carbons (Fsp3) is 0.467. The fourth-order valence-electron chi connectivity index (χ4n) is 1.96. The molecular weight excluding hydrogens is 288 g/mol. The summed E-state index contributed by atoms with van der Waals surface area (Å²) in [5.74, 6) is 1.12. The zero-order valence-corrected chi connectivity index (χ0v) is 13.8. The summed E-state index contributed by atoms with van der Waals surface area (Å²) < 4.78 is 5.00. The van der Waals surface area contributed by atoms with Gasteiger partial charge in [0.05, 0.1) is 13.1 Å². The van der Waals surface area contributed by atoms with E-state index in [1.54, 1.807) is 0 Å². The molecule has 0 aliphatic heterocycles. The van der Waals surface area contributed by atoms with Crippen LogP contribution in [0.15, 0.2) is 28.8 Å². The lowest BCUT2D eigenvalue weighted by molar-refractivity contribution is 0.374. The van der Waals surface area contributed by atoms with Gasteiger partial charge in [0.25, 0.3) is 0 Å². The molecule has 0 radical (unpaired) electrons. The zero-order valence-electron chi connectivity index (χ0n) is 13.0. The predicted octanol–water partition coefficient (Wildman–Crippen LogP) is 2.88. The van der Waals surface area contributed by atoms with Crippen molar-refractivity contribution in [2.24, 2.45) is 5.73 Å². The molecule has 0 aliphatic rings. The van der Waals surface area contributed by atoms with Crippen molar-refractivity contribution in [3.05, 3.63) is 41.5 Å². The maximum Gasteiger partial charge on any atom is 0.240 e. The Morgan fingerprint density at radius 3 is 2.29 bits per heavy atom. The number of nitrogens with two attached hydrogens (primary N) is 1. The molecule has 1 aromatic heterocycles. The lowest BCUT2D eigenvalue weighted by Crippen LogP contribution is -2.18. The van der Waals surface area contributed by atoms with Gasteiger partial charge in [-0.25, -0.2) is 0 Å². The van der Waals surface area contributed by atoms with E-state index in [0.717, 1.165) is 5.69 Å². The number of benzene rings is 1. The minimum Gasteiger partial charge on any atom is -0.367 e. The summed E-state index contributed by atoms with van der Waals surface area (Å²) in [4.78, 5) is 6.29. The van der Waals surface area contributed by atoms with Crippen LogP contribution in [-0.2, 0) is 18.5 Å². The third-order valence-corrected chi connectivity index (χ3v) is 3.24. The molecule has 0 atom stereocenters. The first-order valence-electron chi connectivity index (χ1n) is 6.73. The van der Waals surface area contributed by atoms with E-state index in [4.69, 9.17) is 10.3 Å². The summed E-state index contributed by atoms with van der Waals surface area (Å²) in [7, 11) is 2.00. The molecule has 0 aliphatic carbocycles. The van der Waals surface area contributed by atoms with E-state index in [1.165, 1.54) is 5.56 Å². The Balaban J connectivity index is 0.00000220. The van der Waals surface area contributed by atoms with Crippen LogP contribution in [0.2, 0.25) is 0 Å². The van der Waals surface area contributed by atoms with Crippen molar-refractivity contribution in [3.63, 3.8) is 0 Å². The van der Waals surface area contributed by atoms with Gasteiger partial charge in [0, 0.05) is 12.7 Å². The zero-order chi connectivity index (χ0) is 14.8. The molecule has 0 unspecified atom stereocenters. The molecule has 1 heterocycles. The lowest BCUT2D eigenvalue weighted by atomic mass is 9.87. The quantitative estimate of drug-likeness (QED) is 0.940. The van der Waals surface area contributed by atoms with Crippen LogP contribution in [0.3, 0.4) is 0 Å². The summed E-state index contributed by atoms with van der Waals surface area (Å²) >= 11 is 0. The first-order chi connectivity index (χ1) is 9.40. The molecule has 0 spiro atoms. The van der Waals surface area contributed by atoms with Crippen LogP contribution in [0, 0.1) is 0 Å². The molecule has 2 N–H and O–H groups in total. The molecule has 0 saturated heterocycles. The van der Waals surface area contributed by atoms with Crippen LogP contribution >= 0.6 is 12.4 Å². The molecule has 5 nitrogen and oxygen atoms in total. The van der Waals surface area contributed by atoms with Crippen LogP contribution < -0.4 is 10.6 Å². The average Bonchev–Trinajstić information content (AvgIpc) is 2.85. The normalized spacial score (nSPS) is 11.1.